The number of amides is 2. The number of imide groups is 1. The van der Waals surface area contributed by atoms with E-state index in [-0.39, 0.29) is 30.2 Å². The maximum Gasteiger partial charge on any atom is 0.278 e. The van der Waals surface area contributed by atoms with Crippen LogP contribution in [0.25, 0.3) is 5.57 Å². The second-order valence-electron chi connectivity index (χ2n) is 7.55. The lowest BCUT2D eigenvalue weighted by molar-refractivity contribution is -0.137. The summed E-state index contributed by atoms with van der Waals surface area (Å²) in [6.07, 6.45) is 0.0690. The van der Waals surface area contributed by atoms with Gasteiger partial charge in [-0.05, 0) is 55.6 Å². The lowest BCUT2D eigenvalue weighted by Gasteiger charge is -2.17. The molecular formula is C25H24N2O4S. The molecule has 0 bridgehead atoms. The maximum absolute atomic E-state index is 13.4. The fourth-order valence-corrected chi connectivity index (χ4v) is 4.29. The van der Waals surface area contributed by atoms with E-state index in [1.54, 1.807) is 7.11 Å². The molecule has 0 spiro atoms. The topological polar surface area (TPSA) is 67.9 Å². The third-order valence-electron chi connectivity index (χ3n) is 4.95. The second kappa shape index (κ2) is 9.28. The van der Waals surface area contributed by atoms with E-state index in [0.29, 0.717) is 17.0 Å². The molecule has 0 saturated carbocycles. The average Bonchev–Trinajstić information content (AvgIpc) is 3.38. The molecule has 0 saturated heterocycles. The van der Waals surface area contributed by atoms with E-state index < -0.39 is 0 Å². The van der Waals surface area contributed by atoms with Crippen molar-refractivity contribution in [1.29, 1.82) is 0 Å². The number of carbonyl (C=O) groups is 2. The van der Waals surface area contributed by atoms with Gasteiger partial charge >= 0.3 is 0 Å². The summed E-state index contributed by atoms with van der Waals surface area (Å²) in [5.74, 6) is 0.676. The molecule has 6 nitrogen and oxygen atoms in total. The van der Waals surface area contributed by atoms with Gasteiger partial charge in [-0.1, -0.05) is 24.3 Å². The number of nitrogens with zero attached hydrogens (tertiary/aromatic N) is 1. The lowest BCUT2D eigenvalue weighted by atomic mass is 10.1. The van der Waals surface area contributed by atoms with Crippen molar-refractivity contribution < 1.29 is 19.1 Å². The fourth-order valence-electron chi connectivity index (χ4n) is 3.52. The van der Waals surface area contributed by atoms with Gasteiger partial charge in [0.15, 0.2) is 0 Å². The first-order chi connectivity index (χ1) is 15.5. The van der Waals surface area contributed by atoms with Gasteiger partial charge in [0.05, 0.1) is 25.3 Å². The molecule has 0 unspecified atom stereocenters. The maximum atomic E-state index is 13.4. The quantitative estimate of drug-likeness (QED) is 0.495. The Hall–Kier alpha value is -3.58. The number of hydrogen-bond acceptors (Lipinski definition) is 6. The molecule has 0 fully saturated rings. The van der Waals surface area contributed by atoms with Gasteiger partial charge in [0.25, 0.3) is 11.8 Å². The largest absolute Gasteiger partial charge is 0.496 e. The number of ether oxygens (including phenoxy) is 2. The summed E-state index contributed by atoms with van der Waals surface area (Å²) in [6.45, 7) is 4.05. The third kappa shape index (κ3) is 4.38. The molecule has 1 N–H and O–H groups in total. The molecule has 0 radical (unpaired) electrons. The molecule has 1 aliphatic rings. The molecule has 2 heterocycles. The van der Waals surface area contributed by atoms with Gasteiger partial charge in [-0.2, -0.15) is 0 Å². The number of hydrogen-bond donors (Lipinski definition) is 1. The Morgan fingerprint density at radius 2 is 1.72 bits per heavy atom. The standard InChI is InChI=1S/C25H24N2O4S/c1-16(2)31-19-12-10-18(11-13-19)26-23-22(21-9-6-14-32-21)24(28)27(25(23)29)15-17-7-4-5-8-20(17)30-3/h4-14,16,26H,15H2,1-3H3. The first kappa shape index (κ1) is 21.6. The molecule has 3 aromatic rings. The van der Waals surface area contributed by atoms with E-state index in [2.05, 4.69) is 5.32 Å². The van der Waals surface area contributed by atoms with Crippen LogP contribution in [-0.4, -0.2) is 29.9 Å². The fraction of sp³-hybridized carbons (Fsp3) is 0.200. The zero-order valence-corrected chi connectivity index (χ0v) is 18.9. The summed E-state index contributed by atoms with van der Waals surface area (Å²) in [6, 6.07) is 18.4. The van der Waals surface area contributed by atoms with Crippen LogP contribution in [0.4, 0.5) is 5.69 Å². The second-order valence-corrected chi connectivity index (χ2v) is 8.50. The molecule has 164 valence electrons. The first-order valence-corrected chi connectivity index (χ1v) is 11.2. The van der Waals surface area contributed by atoms with Crippen molar-refractivity contribution >= 4 is 34.4 Å². The summed E-state index contributed by atoms with van der Waals surface area (Å²) in [4.78, 5) is 28.7. The summed E-state index contributed by atoms with van der Waals surface area (Å²) >= 11 is 1.42. The number of methoxy groups -OCH3 is 1. The number of para-hydroxylation sites is 1. The van der Waals surface area contributed by atoms with Gasteiger partial charge in [0.1, 0.15) is 17.2 Å². The molecule has 0 aliphatic carbocycles. The van der Waals surface area contributed by atoms with Crippen molar-refractivity contribution in [3.8, 4) is 11.5 Å². The van der Waals surface area contributed by atoms with E-state index in [1.165, 1.54) is 16.2 Å². The Bertz CT molecular complexity index is 1150. The highest BCUT2D eigenvalue weighted by atomic mass is 32.1. The van der Waals surface area contributed by atoms with E-state index in [4.69, 9.17) is 9.47 Å². The Morgan fingerprint density at radius 3 is 2.38 bits per heavy atom. The minimum Gasteiger partial charge on any atom is -0.496 e. The Morgan fingerprint density at radius 1 is 0.969 bits per heavy atom. The highest BCUT2D eigenvalue weighted by molar-refractivity contribution is 7.11. The molecule has 2 amide bonds. The Balaban J connectivity index is 1.65. The van der Waals surface area contributed by atoms with Crippen molar-refractivity contribution in [2.45, 2.75) is 26.5 Å². The van der Waals surface area contributed by atoms with E-state index >= 15 is 0 Å². The number of anilines is 1. The van der Waals surface area contributed by atoms with Crippen LogP contribution in [-0.2, 0) is 16.1 Å². The monoisotopic (exact) mass is 448 g/mol. The number of carbonyl (C=O) groups excluding carboxylic acids is 2. The number of benzene rings is 2. The van der Waals surface area contributed by atoms with Crippen LogP contribution in [0.1, 0.15) is 24.3 Å². The molecule has 0 atom stereocenters. The van der Waals surface area contributed by atoms with Gasteiger partial charge in [0.2, 0.25) is 0 Å². The smallest absolute Gasteiger partial charge is 0.278 e. The number of thiophene rings is 1. The predicted molar refractivity (Wildman–Crippen MR) is 126 cm³/mol. The van der Waals surface area contributed by atoms with Gasteiger partial charge in [-0.3, -0.25) is 14.5 Å². The Labute approximate surface area is 191 Å². The van der Waals surface area contributed by atoms with Crippen LogP contribution < -0.4 is 14.8 Å². The zero-order valence-electron chi connectivity index (χ0n) is 18.1. The van der Waals surface area contributed by atoms with Gasteiger partial charge < -0.3 is 14.8 Å². The van der Waals surface area contributed by atoms with Crippen LogP contribution in [0.2, 0.25) is 0 Å². The molecule has 4 rings (SSSR count). The minimum absolute atomic E-state index is 0.0690. The molecule has 1 aromatic heterocycles. The van der Waals surface area contributed by atoms with Crippen LogP contribution in [0.5, 0.6) is 11.5 Å². The molecule has 7 heteroatoms. The van der Waals surface area contributed by atoms with Crippen molar-refractivity contribution in [3.63, 3.8) is 0 Å². The minimum atomic E-state index is -0.369. The van der Waals surface area contributed by atoms with Crippen molar-refractivity contribution in [2.24, 2.45) is 0 Å². The third-order valence-corrected chi connectivity index (χ3v) is 5.84. The van der Waals surface area contributed by atoms with Gasteiger partial charge in [-0.15, -0.1) is 11.3 Å². The predicted octanol–water partition coefficient (Wildman–Crippen LogP) is 4.94. The highest BCUT2D eigenvalue weighted by Gasteiger charge is 2.40. The van der Waals surface area contributed by atoms with E-state index in [1.807, 2.05) is 79.9 Å². The van der Waals surface area contributed by atoms with Gasteiger partial charge in [0, 0.05) is 16.1 Å². The van der Waals surface area contributed by atoms with Crippen LogP contribution in [0.3, 0.4) is 0 Å². The molecular weight excluding hydrogens is 424 g/mol. The summed E-state index contributed by atoms with van der Waals surface area (Å²) in [5, 5.41) is 5.06. The van der Waals surface area contributed by atoms with Crippen LogP contribution in [0, 0.1) is 0 Å². The van der Waals surface area contributed by atoms with Crippen molar-refractivity contribution in [3.05, 3.63) is 82.2 Å². The van der Waals surface area contributed by atoms with Crippen LogP contribution >= 0.6 is 11.3 Å². The summed E-state index contributed by atoms with van der Waals surface area (Å²) < 4.78 is 11.1. The van der Waals surface area contributed by atoms with Gasteiger partial charge in [-0.25, -0.2) is 0 Å². The summed E-state index contributed by atoms with van der Waals surface area (Å²) in [5.41, 5.74) is 2.11. The Kier molecular flexibility index (Phi) is 6.28. The number of rotatable bonds is 8. The lowest BCUT2D eigenvalue weighted by Crippen LogP contribution is -2.32. The number of nitrogens with one attached hydrogen (secondary N) is 1. The SMILES string of the molecule is COc1ccccc1CN1C(=O)C(Nc2ccc(OC(C)C)cc2)=C(c2cccs2)C1=O. The van der Waals surface area contributed by atoms with Crippen molar-refractivity contribution in [2.75, 3.05) is 12.4 Å². The highest BCUT2D eigenvalue weighted by Crippen LogP contribution is 2.34. The first-order valence-electron chi connectivity index (χ1n) is 10.3. The summed E-state index contributed by atoms with van der Waals surface area (Å²) in [7, 11) is 1.57. The van der Waals surface area contributed by atoms with Crippen LogP contribution in [0.15, 0.2) is 71.7 Å². The molecule has 1 aliphatic heterocycles. The normalized spacial score (nSPS) is 13.8. The van der Waals surface area contributed by atoms with Crippen molar-refractivity contribution in [1.82, 2.24) is 4.90 Å². The van der Waals surface area contributed by atoms with E-state index in [0.717, 1.165) is 16.2 Å². The average molecular weight is 449 g/mol. The molecule has 32 heavy (non-hydrogen) atoms. The van der Waals surface area contributed by atoms with E-state index in [9.17, 15) is 9.59 Å². The molecule has 2 aromatic carbocycles. The zero-order chi connectivity index (χ0) is 22.7.